The van der Waals surface area contributed by atoms with Crippen molar-refractivity contribution in [2.24, 2.45) is 5.41 Å². The first-order valence-electron chi connectivity index (χ1n) is 8.58. The first kappa shape index (κ1) is 18.1. The zero-order chi connectivity index (χ0) is 18.9. The van der Waals surface area contributed by atoms with Crippen LogP contribution in [0.25, 0.3) is 0 Å². The van der Waals surface area contributed by atoms with E-state index in [4.69, 9.17) is 9.47 Å². The minimum absolute atomic E-state index is 0.0420. The lowest BCUT2D eigenvalue weighted by Crippen LogP contribution is -2.68. The number of Topliss-reactive ketones (excluding diaryl/α,β-unsaturated/α-hetero) is 2. The van der Waals surface area contributed by atoms with E-state index in [0.717, 1.165) is 20.6 Å². The molecule has 0 amide bonds. The van der Waals surface area contributed by atoms with Crippen molar-refractivity contribution in [1.29, 1.82) is 0 Å². The van der Waals surface area contributed by atoms with E-state index in [1.165, 1.54) is 0 Å². The van der Waals surface area contributed by atoms with E-state index < -0.39 is 34.5 Å². The van der Waals surface area contributed by atoms with Gasteiger partial charge in [0.25, 0.3) is 0 Å². The van der Waals surface area contributed by atoms with Crippen molar-refractivity contribution in [3.05, 3.63) is 29.8 Å². The summed E-state index contributed by atoms with van der Waals surface area (Å²) < 4.78 is 9.86. The number of methoxy groups -OCH3 is 2. The van der Waals surface area contributed by atoms with Crippen molar-refractivity contribution in [2.45, 2.75) is 37.6 Å². The summed E-state index contributed by atoms with van der Waals surface area (Å²) in [6.45, 7) is 0. The average Bonchev–Trinajstić information content (AvgIpc) is 2.82. The molecule has 7 nitrogen and oxygen atoms in total. The molecule has 26 heavy (non-hydrogen) atoms. The molecule has 7 heteroatoms. The molecule has 2 aliphatic rings. The number of hydrogen-bond acceptors (Lipinski definition) is 7. The smallest absolute Gasteiger partial charge is 0.341 e. The van der Waals surface area contributed by atoms with Gasteiger partial charge in [-0.2, -0.15) is 0 Å². The Morgan fingerprint density at radius 1 is 1.00 bits per heavy atom. The summed E-state index contributed by atoms with van der Waals surface area (Å²) in [5, 5.41) is 2.89. The van der Waals surface area contributed by atoms with Gasteiger partial charge in [-0.25, -0.2) is 4.79 Å². The molecule has 0 aromatic heterocycles. The number of esters is 2. The summed E-state index contributed by atoms with van der Waals surface area (Å²) in [7, 11) is 2.29. The quantitative estimate of drug-likeness (QED) is 0.500. The zero-order valence-corrected chi connectivity index (χ0v) is 14.8. The lowest BCUT2D eigenvalue weighted by molar-refractivity contribution is -0.169. The van der Waals surface area contributed by atoms with Gasteiger partial charge in [0.1, 0.15) is 0 Å². The summed E-state index contributed by atoms with van der Waals surface area (Å²) in [6.07, 6.45) is 1.98. The Labute approximate surface area is 151 Å². The lowest BCUT2D eigenvalue weighted by atomic mass is 9.62. The molecule has 1 aliphatic heterocycles. The predicted octanol–water partition coefficient (Wildman–Crippen LogP) is 1.90. The Morgan fingerprint density at radius 2 is 1.69 bits per heavy atom. The molecule has 0 radical (unpaired) electrons. The van der Waals surface area contributed by atoms with Crippen LogP contribution in [0.5, 0.6) is 0 Å². The molecule has 1 heterocycles. The van der Waals surface area contributed by atoms with E-state index in [0.29, 0.717) is 18.5 Å². The van der Waals surface area contributed by atoms with Crippen molar-refractivity contribution in [3.63, 3.8) is 0 Å². The summed E-state index contributed by atoms with van der Waals surface area (Å²) in [5.74, 6) is -2.95. The van der Waals surface area contributed by atoms with Crippen LogP contribution in [0.3, 0.4) is 0 Å². The molecule has 1 aliphatic carbocycles. The molecule has 1 N–H and O–H groups in total. The van der Waals surface area contributed by atoms with Gasteiger partial charge in [-0.3, -0.25) is 14.4 Å². The molecule has 3 rings (SSSR count). The van der Waals surface area contributed by atoms with E-state index >= 15 is 0 Å². The van der Waals surface area contributed by atoms with Crippen LogP contribution in [0, 0.1) is 5.41 Å². The third-order valence-electron chi connectivity index (χ3n) is 5.43. The molecule has 1 aromatic carbocycles. The number of benzene rings is 1. The standard InChI is InChI=1S/C19H21NO6/c1-25-16(23)18(11-7-3-4-10-14(18)21)19(17(24)26-2)15(22)12-8-5-6-9-13(12)20-19/h5-6,8-9,20H,3-4,7,10-11H2,1-2H3/t18-,19+/m1/s1. The third-order valence-corrected chi connectivity index (χ3v) is 5.43. The maximum atomic E-state index is 13.4. The normalized spacial score (nSPS) is 27.9. The number of para-hydroxylation sites is 1. The lowest BCUT2D eigenvalue weighted by Gasteiger charge is -2.41. The molecule has 1 fully saturated rings. The van der Waals surface area contributed by atoms with Gasteiger partial charge < -0.3 is 14.8 Å². The second kappa shape index (κ2) is 6.55. The first-order valence-corrected chi connectivity index (χ1v) is 8.58. The monoisotopic (exact) mass is 359 g/mol. The Balaban J connectivity index is 2.30. The van der Waals surface area contributed by atoms with Crippen molar-refractivity contribution in [2.75, 3.05) is 19.5 Å². The Hall–Kier alpha value is -2.70. The van der Waals surface area contributed by atoms with Crippen LogP contribution < -0.4 is 5.32 Å². The van der Waals surface area contributed by atoms with Crippen LogP contribution >= 0.6 is 0 Å². The number of rotatable bonds is 3. The molecule has 0 saturated heterocycles. The molecular formula is C19H21NO6. The summed E-state index contributed by atoms with van der Waals surface area (Å²) >= 11 is 0. The fourth-order valence-electron chi connectivity index (χ4n) is 4.17. The van der Waals surface area contributed by atoms with Crippen LogP contribution in [0.1, 0.15) is 42.5 Å². The molecular weight excluding hydrogens is 338 g/mol. The van der Waals surface area contributed by atoms with E-state index in [9.17, 15) is 19.2 Å². The number of carbonyl (C=O) groups excluding carboxylic acids is 4. The minimum atomic E-state index is -2.15. The predicted molar refractivity (Wildman–Crippen MR) is 91.7 cm³/mol. The number of anilines is 1. The van der Waals surface area contributed by atoms with Crippen molar-refractivity contribution in [3.8, 4) is 0 Å². The summed E-state index contributed by atoms with van der Waals surface area (Å²) in [5.41, 5.74) is -3.47. The second-order valence-corrected chi connectivity index (χ2v) is 6.62. The summed E-state index contributed by atoms with van der Waals surface area (Å²) in [6, 6.07) is 6.54. The Kier molecular flexibility index (Phi) is 4.56. The largest absolute Gasteiger partial charge is 0.468 e. The van der Waals surface area contributed by atoms with Crippen molar-refractivity contribution >= 4 is 29.2 Å². The van der Waals surface area contributed by atoms with E-state index in [2.05, 4.69) is 5.32 Å². The fraction of sp³-hybridized carbons (Fsp3) is 0.474. The van der Waals surface area contributed by atoms with E-state index in [-0.39, 0.29) is 18.4 Å². The number of fused-ring (bicyclic) bond motifs is 1. The third kappa shape index (κ3) is 2.19. The molecule has 1 saturated carbocycles. The second-order valence-electron chi connectivity index (χ2n) is 6.62. The van der Waals surface area contributed by atoms with E-state index in [1.54, 1.807) is 24.3 Å². The SMILES string of the molecule is COC(=O)[C@@]1([C@]2(C(=O)OC)Nc3ccccc3C2=O)CCCCCC1=O. The average molecular weight is 359 g/mol. The van der Waals surface area contributed by atoms with E-state index in [1.807, 2.05) is 0 Å². The van der Waals surface area contributed by atoms with Gasteiger partial charge >= 0.3 is 11.9 Å². The first-order chi connectivity index (χ1) is 12.5. The zero-order valence-electron chi connectivity index (χ0n) is 14.8. The molecule has 2 atom stereocenters. The van der Waals surface area contributed by atoms with Crippen LogP contribution in [0.4, 0.5) is 5.69 Å². The Morgan fingerprint density at radius 3 is 2.35 bits per heavy atom. The maximum Gasteiger partial charge on any atom is 0.341 e. The van der Waals surface area contributed by atoms with Crippen molar-refractivity contribution in [1.82, 2.24) is 0 Å². The highest BCUT2D eigenvalue weighted by Gasteiger charge is 2.72. The van der Waals surface area contributed by atoms with Gasteiger partial charge in [0, 0.05) is 17.7 Å². The van der Waals surface area contributed by atoms with Crippen molar-refractivity contribution < 1.29 is 28.7 Å². The topological polar surface area (TPSA) is 98.8 Å². The number of carbonyl (C=O) groups is 4. The number of hydrogen-bond donors (Lipinski definition) is 1. The van der Waals surface area contributed by atoms with Gasteiger partial charge in [-0.05, 0) is 25.0 Å². The van der Waals surface area contributed by atoms with Crippen LogP contribution in [-0.2, 0) is 23.9 Å². The van der Waals surface area contributed by atoms with Gasteiger partial charge in [-0.1, -0.05) is 25.0 Å². The van der Waals surface area contributed by atoms with Gasteiger partial charge in [-0.15, -0.1) is 0 Å². The van der Waals surface area contributed by atoms with Gasteiger partial charge in [0.05, 0.1) is 14.2 Å². The molecule has 1 aromatic rings. The van der Waals surface area contributed by atoms with Gasteiger partial charge in [0.15, 0.2) is 11.2 Å². The highest BCUT2D eigenvalue weighted by atomic mass is 16.5. The van der Waals surface area contributed by atoms with Crippen LogP contribution in [-0.4, -0.2) is 43.3 Å². The summed E-state index contributed by atoms with van der Waals surface area (Å²) in [4.78, 5) is 52.4. The van der Waals surface area contributed by atoms with Crippen LogP contribution in [0.2, 0.25) is 0 Å². The molecule has 0 unspecified atom stereocenters. The molecule has 0 bridgehead atoms. The van der Waals surface area contributed by atoms with Crippen LogP contribution in [0.15, 0.2) is 24.3 Å². The molecule has 138 valence electrons. The minimum Gasteiger partial charge on any atom is -0.468 e. The maximum absolute atomic E-state index is 13.4. The number of ketones is 2. The Bertz CT molecular complexity index is 788. The number of nitrogens with one attached hydrogen (secondary N) is 1. The highest BCUT2D eigenvalue weighted by Crippen LogP contribution is 2.50. The van der Waals surface area contributed by atoms with Gasteiger partial charge in [0.2, 0.25) is 11.3 Å². The number of ether oxygens (including phenoxy) is 2. The molecule has 0 spiro atoms. The fourth-order valence-corrected chi connectivity index (χ4v) is 4.17. The highest BCUT2D eigenvalue weighted by molar-refractivity contribution is 6.31.